The van der Waals surface area contributed by atoms with Gasteiger partial charge in [-0.25, -0.2) is 4.98 Å². The Balaban J connectivity index is 2.13. The standard InChI is InChI=1S/C17H30N2S/c1-12(2)10-14-15(11-18-17(3,4)5)20-16(19-14)13-8-6-7-9-13/h12-13,18H,6-11H2,1-5H3. The van der Waals surface area contributed by atoms with Crippen molar-refractivity contribution >= 4 is 11.3 Å². The Bertz CT molecular complexity index is 423. The quantitative estimate of drug-likeness (QED) is 0.836. The number of hydrogen-bond donors (Lipinski definition) is 1. The van der Waals surface area contributed by atoms with Crippen LogP contribution < -0.4 is 5.32 Å². The van der Waals surface area contributed by atoms with Crippen molar-refractivity contribution < 1.29 is 0 Å². The van der Waals surface area contributed by atoms with E-state index < -0.39 is 0 Å². The van der Waals surface area contributed by atoms with Crippen LogP contribution in [0.15, 0.2) is 0 Å². The third-order valence-electron chi connectivity index (χ3n) is 3.88. The van der Waals surface area contributed by atoms with Gasteiger partial charge in [0.05, 0.1) is 10.7 Å². The summed E-state index contributed by atoms with van der Waals surface area (Å²) >= 11 is 1.97. The minimum atomic E-state index is 0.173. The molecule has 1 aliphatic rings. The molecule has 0 amide bonds. The predicted molar refractivity (Wildman–Crippen MR) is 88.5 cm³/mol. The lowest BCUT2D eigenvalue weighted by Gasteiger charge is -2.20. The lowest BCUT2D eigenvalue weighted by atomic mass is 10.1. The fraction of sp³-hybridized carbons (Fsp3) is 0.824. The van der Waals surface area contributed by atoms with Gasteiger partial charge in [0.1, 0.15) is 0 Å². The molecule has 0 bridgehead atoms. The van der Waals surface area contributed by atoms with E-state index in [1.54, 1.807) is 0 Å². The van der Waals surface area contributed by atoms with E-state index in [4.69, 9.17) is 4.98 Å². The van der Waals surface area contributed by atoms with Crippen LogP contribution in [0.3, 0.4) is 0 Å². The van der Waals surface area contributed by atoms with E-state index >= 15 is 0 Å². The normalized spacial score (nSPS) is 17.3. The summed E-state index contributed by atoms with van der Waals surface area (Å²) in [6.07, 6.45) is 6.59. The monoisotopic (exact) mass is 294 g/mol. The van der Waals surface area contributed by atoms with Crippen LogP contribution in [-0.2, 0) is 13.0 Å². The molecule has 0 aliphatic heterocycles. The van der Waals surface area contributed by atoms with Crippen molar-refractivity contribution in [2.24, 2.45) is 5.92 Å². The molecule has 114 valence electrons. The third kappa shape index (κ3) is 4.56. The van der Waals surface area contributed by atoms with Crippen LogP contribution in [-0.4, -0.2) is 10.5 Å². The van der Waals surface area contributed by atoms with Crippen molar-refractivity contribution in [2.75, 3.05) is 0 Å². The molecule has 1 aromatic rings. The smallest absolute Gasteiger partial charge is 0.0962 e. The maximum absolute atomic E-state index is 5.01. The molecule has 0 atom stereocenters. The van der Waals surface area contributed by atoms with Crippen molar-refractivity contribution in [1.29, 1.82) is 0 Å². The number of nitrogens with zero attached hydrogens (tertiary/aromatic N) is 1. The SMILES string of the molecule is CC(C)Cc1nc(C2CCCC2)sc1CNC(C)(C)C. The van der Waals surface area contributed by atoms with Crippen LogP contribution in [0.4, 0.5) is 0 Å². The van der Waals surface area contributed by atoms with Gasteiger partial charge in [-0.05, 0) is 46.0 Å². The zero-order valence-electron chi connectivity index (χ0n) is 13.8. The van der Waals surface area contributed by atoms with Crippen LogP contribution in [0.1, 0.15) is 81.8 Å². The highest BCUT2D eigenvalue weighted by Gasteiger charge is 2.23. The Morgan fingerprint density at radius 3 is 2.45 bits per heavy atom. The van der Waals surface area contributed by atoms with Crippen molar-refractivity contribution in [2.45, 2.75) is 84.7 Å². The topological polar surface area (TPSA) is 24.9 Å². The van der Waals surface area contributed by atoms with Gasteiger partial charge in [-0.15, -0.1) is 11.3 Å². The maximum atomic E-state index is 5.01. The first kappa shape index (κ1) is 16.0. The summed E-state index contributed by atoms with van der Waals surface area (Å²) < 4.78 is 0. The van der Waals surface area contributed by atoms with Gasteiger partial charge >= 0.3 is 0 Å². The van der Waals surface area contributed by atoms with Crippen molar-refractivity contribution in [3.05, 3.63) is 15.6 Å². The molecule has 0 aromatic carbocycles. The molecule has 1 fully saturated rings. The predicted octanol–water partition coefficient (Wildman–Crippen LogP) is 4.89. The molecular weight excluding hydrogens is 264 g/mol. The fourth-order valence-corrected chi connectivity index (χ4v) is 3.98. The Hall–Kier alpha value is -0.410. The van der Waals surface area contributed by atoms with Crippen LogP contribution in [0.2, 0.25) is 0 Å². The highest BCUT2D eigenvalue weighted by molar-refractivity contribution is 7.11. The molecule has 0 radical (unpaired) electrons. The van der Waals surface area contributed by atoms with Gasteiger partial charge in [-0.3, -0.25) is 0 Å². The van der Waals surface area contributed by atoms with E-state index in [9.17, 15) is 0 Å². The number of thiazole rings is 1. The summed E-state index contributed by atoms with van der Waals surface area (Å²) in [5, 5.41) is 5.03. The second kappa shape index (κ2) is 6.57. The summed E-state index contributed by atoms with van der Waals surface area (Å²) in [7, 11) is 0. The summed E-state index contributed by atoms with van der Waals surface area (Å²) in [5.41, 5.74) is 1.52. The molecule has 2 nitrogen and oxygen atoms in total. The molecule has 1 aromatic heterocycles. The third-order valence-corrected chi connectivity index (χ3v) is 5.14. The Morgan fingerprint density at radius 1 is 1.25 bits per heavy atom. The highest BCUT2D eigenvalue weighted by atomic mass is 32.1. The zero-order valence-corrected chi connectivity index (χ0v) is 14.6. The number of rotatable bonds is 5. The number of aromatic nitrogens is 1. The average molecular weight is 295 g/mol. The van der Waals surface area contributed by atoms with Crippen molar-refractivity contribution in [1.82, 2.24) is 10.3 Å². The maximum Gasteiger partial charge on any atom is 0.0962 e. The molecule has 0 spiro atoms. The van der Waals surface area contributed by atoms with Crippen molar-refractivity contribution in [3.63, 3.8) is 0 Å². The molecule has 3 heteroatoms. The van der Waals surface area contributed by atoms with Crippen LogP contribution >= 0.6 is 11.3 Å². The minimum Gasteiger partial charge on any atom is -0.307 e. The molecule has 1 saturated carbocycles. The number of nitrogens with one attached hydrogen (secondary N) is 1. The Kier molecular flexibility index (Phi) is 5.25. The van der Waals surface area contributed by atoms with E-state index in [0.717, 1.165) is 18.9 Å². The highest BCUT2D eigenvalue weighted by Crippen LogP contribution is 2.37. The van der Waals surface area contributed by atoms with E-state index in [1.807, 2.05) is 11.3 Å². The van der Waals surface area contributed by atoms with E-state index in [0.29, 0.717) is 5.92 Å². The first-order chi connectivity index (χ1) is 9.35. The van der Waals surface area contributed by atoms with Gasteiger partial charge in [0.2, 0.25) is 0 Å². The first-order valence-electron chi connectivity index (χ1n) is 8.08. The lowest BCUT2D eigenvalue weighted by molar-refractivity contribution is 0.425. The van der Waals surface area contributed by atoms with Gasteiger partial charge in [-0.1, -0.05) is 26.7 Å². The number of hydrogen-bond acceptors (Lipinski definition) is 3. The summed E-state index contributed by atoms with van der Waals surface area (Å²) in [5.74, 6) is 1.43. The summed E-state index contributed by atoms with van der Waals surface area (Å²) in [6, 6.07) is 0. The zero-order chi connectivity index (χ0) is 14.8. The Labute approximate surface area is 128 Å². The van der Waals surface area contributed by atoms with Gasteiger partial charge < -0.3 is 5.32 Å². The molecule has 0 saturated heterocycles. The molecule has 1 N–H and O–H groups in total. The Morgan fingerprint density at radius 2 is 1.90 bits per heavy atom. The largest absolute Gasteiger partial charge is 0.307 e. The van der Waals surface area contributed by atoms with Gasteiger partial charge in [0.15, 0.2) is 0 Å². The van der Waals surface area contributed by atoms with Crippen LogP contribution in [0, 0.1) is 5.92 Å². The molecule has 0 unspecified atom stereocenters. The van der Waals surface area contributed by atoms with Crippen molar-refractivity contribution in [3.8, 4) is 0 Å². The molecular formula is C17H30N2S. The minimum absolute atomic E-state index is 0.173. The van der Waals surface area contributed by atoms with Crippen LogP contribution in [0.25, 0.3) is 0 Å². The molecule has 1 aliphatic carbocycles. The second-order valence-corrected chi connectivity index (χ2v) is 8.72. The summed E-state index contributed by atoms with van der Waals surface area (Å²) in [6.45, 7) is 12.2. The van der Waals surface area contributed by atoms with Gasteiger partial charge in [0.25, 0.3) is 0 Å². The fourth-order valence-electron chi connectivity index (χ4n) is 2.78. The van der Waals surface area contributed by atoms with Crippen LogP contribution in [0.5, 0.6) is 0 Å². The molecule has 1 heterocycles. The molecule has 2 rings (SSSR count). The second-order valence-electron chi connectivity index (χ2n) is 7.60. The average Bonchev–Trinajstić information content (AvgIpc) is 2.93. The van der Waals surface area contributed by atoms with E-state index in [2.05, 4.69) is 39.9 Å². The van der Waals surface area contributed by atoms with E-state index in [-0.39, 0.29) is 5.54 Å². The lowest BCUT2D eigenvalue weighted by Crippen LogP contribution is -2.35. The van der Waals surface area contributed by atoms with Gasteiger partial charge in [-0.2, -0.15) is 0 Å². The molecule has 20 heavy (non-hydrogen) atoms. The van der Waals surface area contributed by atoms with Gasteiger partial charge in [0, 0.05) is 22.9 Å². The summed E-state index contributed by atoms with van der Waals surface area (Å²) in [4.78, 5) is 6.48. The first-order valence-corrected chi connectivity index (χ1v) is 8.90. The van der Waals surface area contributed by atoms with E-state index in [1.165, 1.54) is 41.3 Å².